The quantitative estimate of drug-likeness (QED) is 0.789. The minimum atomic E-state index is -3.05. The molecule has 1 rings (SSSR count). The second kappa shape index (κ2) is 5.34. The van der Waals surface area contributed by atoms with Crippen LogP contribution in [0.15, 0.2) is 11.5 Å². The van der Waals surface area contributed by atoms with Gasteiger partial charge in [0.15, 0.2) is 9.84 Å². The number of hydrogen-bond donors (Lipinski definition) is 2. The van der Waals surface area contributed by atoms with E-state index in [-0.39, 0.29) is 12.0 Å². The molecule has 92 valence electrons. The molecule has 1 saturated carbocycles. The van der Waals surface area contributed by atoms with E-state index in [1.165, 1.54) is 11.7 Å². The zero-order valence-electron chi connectivity index (χ0n) is 9.22. The van der Waals surface area contributed by atoms with Gasteiger partial charge in [-0.05, 0) is 31.6 Å². The van der Waals surface area contributed by atoms with Gasteiger partial charge in [0.25, 0.3) is 0 Å². The topological polar surface area (TPSA) is 83.5 Å². The van der Waals surface area contributed by atoms with E-state index in [0.717, 1.165) is 25.7 Å². The zero-order valence-corrected chi connectivity index (χ0v) is 10.0. The lowest BCUT2D eigenvalue weighted by Crippen LogP contribution is -2.36. The monoisotopic (exact) mass is 247 g/mol. The molecule has 0 bridgehead atoms. The Balaban J connectivity index is 2.38. The number of allylic oxidation sites excluding steroid dienone is 1. The largest absolute Gasteiger partial charge is 0.465 e. The molecule has 0 heterocycles. The first-order valence-electron chi connectivity index (χ1n) is 5.24. The predicted molar refractivity (Wildman–Crippen MR) is 60.9 cm³/mol. The SMILES string of the molecule is CS(=O)(=O)C=CC1CCC(NC(=O)O)CC1. The van der Waals surface area contributed by atoms with Gasteiger partial charge in [0.05, 0.1) is 0 Å². The number of hydrogen-bond acceptors (Lipinski definition) is 3. The Labute approximate surface area is 95.5 Å². The van der Waals surface area contributed by atoms with Crippen molar-refractivity contribution in [3.8, 4) is 0 Å². The van der Waals surface area contributed by atoms with Gasteiger partial charge in [0, 0.05) is 17.7 Å². The average molecular weight is 247 g/mol. The van der Waals surface area contributed by atoms with Crippen molar-refractivity contribution in [3.05, 3.63) is 11.5 Å². The summed E-state index contributed by atoms with van der Waals surface area (Å²) in [5.41, 5.74) is 0. The molecule has 0 radical (unpaired) electrons. The molecule has 0 aliphatic heterocycles. The van der Waals surface area contributed by atoms with Gasteiger partial charge in [0.1, 0.15) is 0 Å². The second-order valence-electron chi connectivity index (χ2n) is 4.22. The molecule has 5 nitrogen and oxygen atoms in total. The standard InChI is InChI=1S/C10H17NO4S/c1-16(14,15)7-6-8-2-4-9(5-3-8)11-10(12)13/h6-9,11H,2-5H2,1H3,(H,12,13). The van der Waals surface area contributed by atoms with Crippen molar-refractivity contribution >= 4 is 15.9 Å². The normalized spacial score (nSPS) is 26.8. The number of carboxylic acid groups (broad SMARTS) is 1. The first kappa shape index (κ1) is 13.0. The van der Waals surface area contributed by atoms with Gasteiger partial charge in [-0.25, -0.2) is 13.2 Å². The molecule has 6 heteroatoms. The lowest BCUT2D eigenvalue weighted by molar-refractivity contribution is 0.184. The number of nitrogens with one attached hydrogen (secondary N) is 1. The molecule has 16 heavy (non-hydrogen) atoms. The van der Waals surface area contributed by atoms with Crippen molar-refractivity contribution in [3.63, 3.8) is 0 Å². The Morgan fingerprint density at radius 2 is 1.88 bits per heavy atom. The third kappa shape index (κ3) is 5.16. The third-order valence-electron chi connectivity index (χ3n) is 2.70. The maximum atomic E-state index is 10.9. The summed E-state index contributed by atoms with van der Waals surface area (Å²) in [5, 5.41) is 12.2. The van der Waals surface area contributed by atoms with Crippen molar-refractivity contribution in [1.29, 1.82) is 0 Å². The summed E-state index contributed by atoms with van der Waals surface area (Å²) < 4.78 is 21.8. The molecule has 0 saturated heterocycles. The molecule has 0 aromatic rings. The Kier molecular flexibility index (Phi) is 4.35. The van der Waals surface area contributed by atoms with Crippen LogP contribution >= 0.6 is 0 Å². The fourth-order valence-electron chi connectivity index (χ4n) is 1.88. The van der Waals surface area contributed by atoms with Crippen LogP contribution in [0.1, 0.15) is 25.7 Å². The maximum absolute atomic E-state index is 10.9. The molecule has 0 aromatic heterocycles. The molecule has 0 spiro atoms. The Hall–Kier alpha value is -1.04. The van der Waals surface area contributed by atoms with Gasteiger partial charge >= 0.3 is 6.09 Å². The minimum Gasteiger partial charge on any atom is -0.465 e. The molecule has 1 aliphatic rings. The molecule has 1 amide bonds. The predicted octanol–water partition coefficient (Wildman–Crippen LogP) is 1.37. The summed E-state index contributed by atoms with van der Waals surface area (Å²) in [7, 11) is -3.05. The van der Waals surface area contributed by atoms with E-state index in [1.807, 2.05) is 0 Å². The van der Waals surface area contributed by atoms with Crippen molar-refractivity contribution in [2.24, 2.45) is 5.92 Å². The number of amides is 1. The smallest absolute Gasteiger partial charge is 0.404 e. The number of rotatable bonds is 3. The van der Waals surface area contributed by atoms with E-state index in [4.69, 9.17) is 5.11 Å². The van der Waals surface area contributed by atoms with E-state index < -0.39 is 15.9 Å². The highest BCUT2D eigenvalue weighted by Gasteiger charge is 2.20. The summed E-state index contributed by atoms with van der Waals surface area (Å²) in [6.07, 6.45) is 5.09. The first-order valence-corrected chi connectivity index (χ1v) is 7.20. The zero-order chi connectivity index (χ0) is 12.2. The molecule has 1 fully saturated rings. The highest BCUT2D eigenvalue weighted by atomic mass is 32.2. The summed E-state index contributed by atoms with van der Waals surface area (Å²) >= 11 is 0. The fraction of sp³-hybridized carbons (Fsp3) is 0.700. The molecular formula is C10H17NO4S. The van der Waals surface area contributed by atoms with Crippen LogP contribution in [0.2, 0.25) is 0 Å². The lowest BCUT2D eigenvalue weighted by atomic mass is 9.86. The molecular weight excluding hydrogens is 230 g/mol. The van der Waals surface area contributed by atoms with Gasteiger partial charge in [-0.1, -0.05) is 6.08 Å². The number of sulfone groups is 1. The molecule has 0 atom stereocenters. The van der Waals surface area contributed by atoms with Gasteiger partial charge in [-0.15, -0.1) is 0 Å². The summed E-state index contributed by atoms with van der Waals surface area (Å²) in [5.74, 6) is 0.251. The Morgan fingerprint density at radius 1 is 1.31 bits per heavy atom. The molecule has 0 unspecified atom stereocenters. The average Bonchev–Trinajstić information content (AvgIpc) is 2.14. The lowest BCUT2D eigenvalue weighted by Gasteiger charge is -2.26. The fourth-order valence-corrected chi connectivity index (χ4v) is 2.39. The van der Waals surface area contributed by atoms with Crippen LogP contribution in [0.3, 0.4) is 0 Å². The van der Waals surface area contributed by atoms with Gasteiger partial charge in [-0.3, -0.25) is 0 Å². The van der Waals surface area contributed by atoms with Crippen LogP contribution in [-0.2, 0) is 9.84 Å². The van der Waals surface area contributed by atoms with Crippen LogP contribution in [0, 0.1) is 5.92 Å². The summed E-state index contributed by atoms with van der Waals surface area (Å²) in [6.45, 7) is 0. The minimum absolute atomic E-state index is 0.0142. The van der Waals surface area contributed by atoms with E-state index in [2.05, 4.69) is 5.32 Å². The highest BCUT2D eigenvalue weighted by Crippen LogP contribution is 2.25. The van der Waals surface area contributed by atoms with E-state index in [9.17, 15) is 13.2 Å². The Bertz CT molecular complexity index is 366. The van der Waals surface area contributed by atoms with Gasteiger partial charge in [0.2, 0.25) is 0 Å². The first-order chi connectivity index (χ1) is 7.37. The van der Waals surface area contributed by atoms with Crippen molar-refractivity contribution in [1.82, 2.24) is 5.32 Å². The summed E-state index contributed by atoms with van der Waals surface area (Å²) in [4.78, 5) is 10.4. The van der Waals surface area contributed by atoms with E-state index in [1.54, 1.807) is 6.08 Å². The van der Waals surface area contributed by atoms with Crippen LogP contribution in [0.5, 0.6) is 0 Å². The third-order valence-corrected chi connectivity index (χ3v) is 3.35. The molecule has 0 aromatic carbocycles. The Morgan fingerprint density at radius 3 is 2.31 bits per heavy atom. The maximum Gasteiger partial charge on any atom is 0.404 e. The second-order valence-corrected chi connectivity index (χ2v) is 6.15. The highest BCUT2D eigenvalue weighted by molar-refractivity contribution is 7.93. The van der Waals surface area contributed by atoms with Crippen molar-refractivity contribution < 1.29 is 18.3 Å². The van der Waals surface area contributed by atoms with Crippen molar-refractivity contribution in [2.75, 3.05) is 6.26 Å². The van der Waals surface area contributed by atoms with Crippen LogP contribution in [0.4, 0.5) is 4.79 Å². The van der Waals surface area contributed by atoms with E-state index >= 15 is 0 Å². The van der Waals surface area contributed by atoms with Crippen molar-refractivity contribution in [2.45, 2.75) is 31.7 Å². The van der Waals surface area contributed by atoms with E-state index in [0.29, 0.717) is 0 Å². The van der Waals surface area contributed by atoms with Crippen LogP contribution in [-0.4, -0.2) is 31.9 Å². The van der Waals surface area contributed by atoms with Crippen LogP contribution < -0.4 is 5.32 Å². The van der Waals surface area contributed by atoms with Gasteiger partial charge in [-0.2, -0.15) is 0 Å². The molecule has 1 aliphatic carbocycles. The molecule has 2 N–H and O–H groups in total. The van der Waals surface area contributed by atoms with Gasteiger partial charge < -0.3 is 10.4 Å². The number of carbonyl (C=O) groups is 1. The van der Waals surface area contributed by atoms with Crippen LogP contribution in [0.25, 0.3) is 0 Å². The summed E-state index contributed by atoms with van der Waals surface area (Å²) in [6, 6.07) is 0.0142.